The monoisotopic (exact) mass is 465 g/mol. The summed E-state index contributed by atoms with van der Waals surface area (Å²) in [7, 11) is 0. The van der Waals surface area contributed by atoms with Gasteiger partial charge in [0.1, 0.15) is 0 Å². The van der Waals surface area contributed by atoms with Crippen LogP contribution in [0.1, 0.15) is 150 Å². The third kappa shape index (κ3) is 7.26. The highest BCUT2D eigenvalue weighted by Crippen LogP contribution is 2.61. The lowest BCUT2D eigenvalue weighted by Crippen LogP contribution is -2.50. The van der Waals surface area contributed by atoms with Crippen LogP contribution >= 0.6 is 0 Å². The molecule has 0 heterocycles. The molecule has 0 saturated heterocycles. The summed E-state index contributed by atoms with van der Waals surface area (Å²) >= 11 is 0. The Kier molecular flexibility index (Phi) is 11.4. The minimum absolute atomic E-state index is 0.279. The largest absolute Gasteiger partial charge is 0.0651 e. The molecule has 0 bridgehead atoms. The van der Waals surface area contributed by atoms with Crippen LogP contribution in [0.4, 0.5) is 0 Å². The van der Waals surface area contributed by atoms with Crippen molar-refractivity contribution in [2.24, 2.45) is 62.6 Å². The highest BCUT2D eigenvalue weighted by molar-refractivity contribution is 5.02. The summed E-state index contributed by atoms with van der Waals surface area (Å²) in [6.45, 7) is 45.1. The first-order valence-corrected chi connectivity index (χ1v) is 14.5. The van der Waals surface area contributed by atoms with Crippen LogP contribution in [0, 0.1) is 62.6 Å². The van der Waals surface area contributed by atoms with Gasteiger partial charge in [-0.25, -0.2) is 0 Å². The van der Waals surface area contributed by atoms with Crippen molar-refractivity contribution in [1.82, 2.24) is 0 Å². The van der Waals surface area contributed by atoms with Crippen molar-refractivity contribution in [3.63, 3.8) is 0 Å². The Morgan fingerprint density at radius 3 is 1.42 bits per heavy atom. The lowest BCUT2D eigenvalue weighted by molar-refractivity contribution is -0.0869. The standard InChI is InChI=1S/C33H68/c1-19-28(20-26(8)31(14,15)27(9)24(4)5)33(18,29(10,11)21-23(2)3)22-30(12,13)32(16,17)25(6)7/h23-28H,19-22H2,1-18H3. The molecule has 0 amide bonds. The van der Waals surface area contributed by atoms with E-state index in [4.69, 9.17) is 0 Å². The van der Waals surface area contributed by atoms with Gasteiger partial charge in [0, 0.05) is 0 Å². The van der Waals surface area contributed by atoms with Crippen molar-refractivity contribution in [3.8, 4) is 0 Å². The quantitative estimate of drug-likeness (QED) is 0.240. The summed E-state index contributed by atoms with van der Waals surface area (Å²) in [5, 5.41) is 0. The maximum atomic E-state index is 2.69. The predicted octanol–water partition coefficient (Wildman–Crippen LogP) is 11.5. The number of hydrogen-bond acceptors (Lipinski definition) is 0. The van der Waals surface area contributed by atoms with E-state index < -0.39 is 0 Å². The molecule has 4 atom stereocenters. The van der Waals surface area contributed by atoms with Gasteiger partial charge in [-0.2, -0.15) is 0 Å². The summed E-state index contributed by atoms with van der Waals surface area (Å²) in [6.07, 6.45) is 5.23. The molecular weight excluding hydrogens is 396 g/mol. The van der Waals surface area contributed by atoms with E-state index >= 15 is 0 Å². The topological polar surface area (TPSA) is 0 Å². The van der Waals surface area contributed by atoms with Gasteiger partial charge in [-0.1, -0.05) is 131 Å². The van der Waals surface area contributed by atoms with Crippen molar-refractivity contribution in [2.45, 2.75) is 150 Å². The van der Waals surface area contributed by atoms with Gasteiger partial charge < -0.3 is 0 Å². The van der Waals surface area contributed by atoms with Gasteiger partial charge >= 0.3 is 0 Å². The Hall–Kier alpha value is 0. The second kappa shape index (κ2) is 11.4. The molecule has 0 aliphatic rings. The molecule has 0 fully saturated rings. The molecule has 0 aromatic carbocycles. The number of rotatable bonds is 14. The maximum Gasteiger partial charge on any atom is -0.0241 e. The van der Waals surface area contributed by atoms with E-state index in [1.54, 1.807) is 0 Å². The molecule has 0 heteroatoms. The third-order valence-corrected chi connectivity index (χ3v) is 11.9. The SMILES string of the molecule is CCC(CC(C)C(C)(C)C(C)C(C)C)C(C)(CC(C)(C)C(C)(C)C(C)C)C(C)(C)CC(C)C. The molecule has 0 spiro atoms. The van der Waals surface area contributed by atoms with Crippen LogP contribution in [-0.4, -0.2) is 0 Å². The van der Waals surface area contributed by atoms with Crippen molar-refractivity contribution < 1.29 is 0 Å². The summed E-state index contributed by atoms with van der Waals surface area (Å²) in [5.74, 6) is 4.33. The van der Waals surface area contributed by atoms with E-state index in [2.05, 4.69) is 125 Å². The minimum Gasteiger partial charge on any atom is -0.0651 e. The first-order valence-electron chi connectivity index (χ1n) is 14.5. The van der Waals surface area contributed by atoms with Gasteiger partial charge in [-0.3, -0.25) is 0 Å². The fourth-order valence-electron chi connectivity index (χ4n) is 7.03. The highest BCUT2D eigenvalue weighted by atomic mass is 14.6. The molecule has 0 N–H and O–H groups in total. The third-order valence-electron chi connectivity index (χ3n) is 11.9. The second-order valence-corrected chi connectivity index (χ2v) is 15.9. The van der Waals surface area contributed by atoms with E-state index in [1.165, 1.54) is 25.7 Å². The Labute approximate surface area is 212 Å². The van der Waals surface area contributed by atoms with E-state index in [0.29, 0.717) is 27.6 Å². The Morgan fingerprint density at radius 2 is 1.09 bits per heavy atom. The molecule has 33 heavy (non-hydrogen) atoms. The Balaban J connectivity index is 6.47. The molecule has 0 aromatic heterocycles. The zero-order valence-corrected chi connectivity index (χ0v) is 26.8. The van der Waals surface area contributed by atoms with E-state index in [9.17, 15) is 0 Å². The molecule has 0 radical (unpaired) electrons. The van der Waals surface area contributed by atoms with Crippen LogP contribution in [0.15, 0.2) is 0 Å². The summed E-state index contributed by atoms with van der Waals surface area (Å²) in [6, 6.07) is 0. The van der Waals surface area contributed by atoms with Crippen molar-refractivity contribution in [2.75, 3.05) is 0 Å². The Bertz CT molecular complexity index is 571. The smallest absolute Gasteiger partial charge is 0.0241 e. The van der Waals surface area contributed by atoms with Crippen molar-refractivity contribution >= 4 is 0 Å². The minimum atomic E-state index is 0.279. The zero-order chi connectivity index (χ0) is 26.8. The molecule has 0 aliphatic carbocycles. The maximum absolute atomic E-state index is 2.69. The fourth-order valence-corrected chi connectivity index (χ4v) is 7.03. The van der Waals surface area contributed by atoms with Gasteiger partial charge in [-0.15, -0.1) is 0 Å². The molecule has 0 nitrogen and oxygen atoms in total. The van der Waals surface area contributed by atoms with Crippen LogP contribution in [0.25, 0.3) is 0 Å². The van der Waals surface area contributed by atoms with E-state index in [-0.39, 0.29) is 5.41 Å². The van der Waals surface area contributed by atoms with Crippen LogP contribution in [0.5, 0.6) is 0 Å². The van der Waals surface area contributed by atoms with Crippen molar-refractivity contribution in [1.29, 1.82) is 0 Å². The fraction of sp³-hybridized carbons (Fsp3) is 1.00. The van der Waals surface area contributed by atoms with Gasteiger partial charge in [-0.05, 0) is 81.8 Å². The lowest BCUT2D eigenvalue weighted by Gasteiger charge is -2.58. The molecule has 0 aromatic rings. The predicted molar refractivity (Wildman–Crippen MR) is 154 cm³/mol. The van der Waals surface area contributed by atoms with E-state index in [1.807, 2.05) is 0 Å². The average molecular weight is 465 g/mol. The van der Waals surface area contributed by atoms with Gasteiger partial charge in [0.25, 0.3) is 0 Å². The van der Waals surface area contributed by atoms with Crippen LogP contribution < -0.4 is 0 Å². The van der Waals surface area contributed by atoms with Crippen LogP contribution in [0.3, 0.4) is 0 Å². The number of hydrogen-bond donors (Lipinski definition) is 0. The van der Waals surface area contributed by atoms with Crippen LogP contribution in [0.2, 0.25) is 0 Å². The first kappa shape index (κ1) is 33.0. The molecule has 0 aliphatic heterocycles. The normalized spacial score (nSPS) is 19.2. The van der Waals surface area contributed by atoms with Gasteiger partial charge in [0.2, 0.25) is 0 Å². The molecular formula is C33H68. The molecule has 4 unspecified atom stereocenters. The highest BCUT2D eigenvalue weighted by Gasteiger charge is 2.52. The summed E-state index contributed by atoms with van der Waals surface area (Å²) < 4.78 is 0. The van der Waals surface area contributed by atoms with Gasteiger partial charge in [0.05, 0.1) is 0 Å². The average Bonchev–Trinajstić information content (AvgIpc) is 2.62. The zero-order valence-electron chi connectivity index (χ0n) is 26.8. The van der Waals surface area contributed by atoms with Crippen LogP contribution in [-0.2, 0) is 0 Å². The summed E-state index contributed by atoms with van der Waals surface area (Å²) in [4.78, 5) is 0. The van der Waals surface area contributed by atoms with Crippen molar-refractivity contribution in [3.05, 3.63) is 0 Å². The molecule has 0 rings (SSSR count). The second-order valence-electron chi connectivity index (χ2n) is 15.9. The lowest BCUT2D eigenvalue weighted by atomic mass is 9.47. The van der Waals surface area contributed by atoms with E-state index in [0.717, 1.165) is 29.6 Å². The van der Waals surface area contributed by atoms with Gasteiger partial charge in [0.15, 0.2) is 0 Å². The Morgan fingerprint density at radius 1 is 0.636 bits per heavy atom. The first-order chi connectivity index (χ1) is 14.5. The molecule has 200 valence electrons. The molecule has 0 saturated carbocycles. The summed E-state index contributed by atoms with van der Waals surface area (Å²) in [5.41, 5.74) is 1.54.